The van der Waals surface area contributed by atoms with Gasteiger partial charge in [-0.2, -0.15) is 0 Å². The summed E-state index contributed by atoms with van der Waals surface area (Å²) in [6.45, 7) is 3.38. The lowest BCUT2D eigenvalue weighted by Gasteiger charge is -2.20. The molecule has 0 saturated heterocycles. The molecule has 2 atom stereocenters. The molecule has 0 bridgehead atoms. The van der Waals surface area contributed by atoms with E-state index in [1.54, 1.807) is 7.11 Å². The van der Waals surface area contributed by atoms with Gasteiger partial charge in [0, 0.05) is 19.7 Å². The van der Waals surface area contributed by atoms with Crippen LogP contribution in [0.25, 0.3) is 0 Å². The smallest absolute Gasteiger partial charge is 0.0940 e. The van der Waals surface area contributed by atoms with Crippen molar-refractivity contribution < 1.29 is 9.84 Å². The Morgan fingerprint density at radius 2 is 2.00 bits per heavy atom. The van der Waals surface area contributed by atoms with Gasteiger partial charge in [-0.15, -0.1) is 0 Å². The van der Waals surface area contributed by atoms with Gasteiger partial charge >= 0.3 is 0 Å². The van der Waals surface area contributed by atoms with E-state index in [0.717, 1.165) is 12.1 Å². The quantitative estimate of drug-likeness (QED) is 0.695. The summed E-state index contributed by atoms with van der Waals surface area (Å²) < 4.78 is 4.93. The number of hydrogen-bond acceptors (Lipinski definition) is 3. The summed E-state index contributed by atoms with van der Waals surface area (Å²) in [6, 6.07) is 9.70. The van der Waals surface area contributed by atoms with E-state index in [9.17, 15) is 5.11 Å². The lowest BCUT2D eigenvalue weighted by Crippen LogP contribution is -2.34. The second kappa shape index (κ2) is 6.56. The van der Waals surface area contributed by atoms with E-state index in [1.807, 2.05) is 37.3 Å². The third-order valence-electron chi connectivity index (χ3n) is 2.39. The average Bonchev–Trinajstić information content (AvgIpc) is 2.29. The minimum Gasteiger partial charge on any atom is -0.387 e. The number of aliphatic hydroxyl groups is 1. The van der Waals surface area contributed by atoms with Gasteiger partial charge in [-0.3, -0.25) is 0 Å². The lowest BCUT2D eigenvalue weighted by atomic mass is 10.0. The third-order valence-corrected chi connectivity index (χ3v) is 2.39. The molecule has 0 heterocycles. The van der Waals surface area contributed by atoms with Gasteiger partial charge in [0.2, 0.25) is 0 Å². The highest BCUT2D eigenvalue weighted by molar-refractivity contribution is 5.18. The summed E-state index contributed by atoms with van der Waals surface area (Å²) >= 11 is 0. The van der Waals surface area contributed by atoms with Gasteiger partial charge in [-0.05, 0) is 12.5 Å². The number of nitrogens with one attached hydrogen (secondary N) is 1. The minimum absolute atomic E-state index is 0.0301. The van der Waals surface area contributed by atoms with Gasteiger partial charge in [0.15, 0.2) is 0 Å². The Morgan fingerprint density at radius 1 is 1.33 bits per heavy atom. The highest BCUT2D eigenvalue weighted by Crippen LogP contribution is 2.15. The van der Waals surface area contributed by atoms with E-state index < -0.39 is 6.10 Å². The zero-order chi connectivity index (χ0) is 11.1. The molecular formula is C12H19NO2. The molecule has 0 aliphatic carbocycles. The van der Waals surface area contributed by atoms with Gasteiger partial charge in [-0.25, -0.2) is 0 Å². The van der Waals surface area contributed by atoms with E-state index >= 15 is 0 Å². The summed E-state index contributed by atoms with van der Waals surface area (Å²) in [4.78, 5) is 0. The number of methoxy groups -OCH3 is 1. The Labute approximate surface area is 91.1 Å². The van der Waals surface area contributed by atoms with Gasteiger partial charge in [0.25, 0.3) is 0 Å². The first-order valence-corrected chi connectivity index (χ1v) is 5.21. The minimum atomic E-state index is -0.469. The highest BCUT2D eigenvalue weighted by Gasteiger charge is 2.14. The van der Waals surface area contributed by atoms with Gasteiger partial charge < -0.3 is 15.2 Å². The summed E-state index contributed by atoms with van der Waals surface area (Å²) in [5, 5.41) is 13.2. The number of hydrogen-bond donors (Lipinski definition) is 2. The standard InChI is InChI=1S/C12H19NO2/c1-10(13-8-9-15-2)12(14)11-6-4-3-5-7-11/h3-7,10,12-14H,8-9H2,1-2H3. The van der Waals surface area contributed by atoms with Crippen LogP contribution in [0, 0.1) is 0 Å². The van der Waals surface area contributed by atoms with Crippen LogP contribution in [0.4, 0.5) is 0 Å². The topological polar surface area (TPSA) is 41.5 Å². The van der Waals surface area contributed by atoms with Crippen molar-refractivity contribution in [1.82, 2.24) is 5.32 Å². The van der Waals surface area contributed by atoms with Crippen LogP contribution in [0.15, 0.2) is 30.3 Å². The molecule has 3 nitrogen and oxygen atoms in total. The molecule has 0 aromatic heterocycles. The van der Waals surface area contributed by atoms with E-state index in [2.05, 4.69) is 5.32 Å². The molecule has 0 aliphatic rings. The average molecular weight is 209 g/mol. The van der Waals surface area contributed by atoms with E-state index in [1.165, 1.54) is 0 Å². The monoisotopic (exact) mass is 209 g/mol. The van der Waals surface area contributed by atoms with Crippen LogP contribution < -0.4 is 5.32 Å². The van der Waals surface area contributed by atoms with E-state index in [-0.39, 0.29) is 6.04 Å². The zero-order valence-corrected chi connectivity index (χ0v) is 9.31. The Kier molecular flexibility index (Phi) is 5.32. The summed E-state index contributed by atoms with van der Waals surface area (Å²) in [5.74, 6) is 0. The van der Waals surface area contributed by atoms with Crippen molar-refractivity contribution in [3.8, 4) is 0 Å². The summed E-state index contributed by atoms with van der Waals surface area (Å²) in [6.07, 6.45) is -0.469. The van der Waals surface area contributed by atoms with Crippen LogP contribution in [0.1, 0.15) is 18.6 Å². The van der Waals surface area contributed by atoms with Crippen molar-refractivity contribution in [2.24, 2.45) is 0 Å². The normalized spacial score (nSPS) is 14.9. The fraction of sp³-hybridized carbons (Fsp3) is 0.500. The molecule has 1 aromatic carbocycles. The maximum absolute atomic E-state index is 9.99. The van der Waals surface area contributed by atoms with Crippen molar-refractivity contribution in [2.75, 3.05) is 20.3 Å². The molecule has 15 heavy (non-hydrogen) atoms. The molecule has 0 fully saturated rings. The third kappa shape index (κ3) is 4.00. The number of aliphatic hydroxyl groups excluding tert-OH is 1. The van der Waals surface area contributed by atoms with Gasteiger partial charge in [-0.1, -0.05) is 30.3 Å². The van der Waals surface area contributed by atoms with Crippen molar-refractivity contribution >= 4 is 0 Å². The molecule has 0 spiro atoms. The van der Waals surface area contributed by atoms with Crippen LogP contribution in [0.2, 0.25) is 0 Å². The second-order valence-corrected chi connectivity index (χ2v) is 3.59. The Morgan fingerprint density at radius 3 is 2.60 bits per heavy atom. The lowest BCUT2D eigenvalue weighted by molar-refractivity contribution is 0.127. The van der Waals surface area contributed by atoms with Crippen LogP contribution in [0.3, 0.4) is 0 Å². The molecule has 0 aliphatic heterocycles. The first-order chi connectivity index (χ1) is 7.25. The molecule has 0 saturated carbocycles. The molecule has 2 unspecified atom stereocenters. The molecule has 0 radical (unpaired) electrons. The van der Waals surface area contributed by atoms with Crippen molar-refractivity contribution in [3.05, 3.63) is 35.9 Å². The molecule has 84 valence electrons. The summed E-state index contributed by atoms with van der Waals surface area (Å²) in [7, 11) is 1.67. The second-order valence-electron chi connectivity index (χ2n) is 3.59. The fourth-order valence-corrected chi connectivity index (χ4v) is 1.44. The Balaban J connectivity index is 2.42. The number of benzene rings is 1. The van der Waals surface area contributed by atoms with Crippen molar-refractivity contribution in [2.45, 2.75) is 19.1 Å². The van der Waals surface area contributed by atoms with Crippen LogP contribution in [-0.4, -0.2) is 31.4 Å². The summed E-state index contributed by atoms with van der Waals surface area (Å²) in [5.41, 5.74) is 0.940. The van der Waals surface area contributed by atoms with Crippen LogP contribution >= 0.6 is 0 Å². The molecule has 3 heteroatoms. The molecular weight excluding hydrogens is 190 g/mol. The van der Waals surface area contributed by atoms with Gasteiger partial charge in [0.05, 0.1) is 12.7 Å². The Bertz CT molecular complexity index is 264. The molecule has 2 N–H and O–H groups in total. The highest BCUT2D eigenvalue weighted by atomic mass is 16.5. The van der Waals surface area contributed by atoms with Gasteiger partial charge in [0.1, 0.15) is 0 Å². The largest absolute Gasteiger partial charge is 0.387 e. The Hall–Kier alpha value is -0.900. The molecule has 1 rings (SSSR count). The maximum atomic E-state index is 9.99. The van der Waals surface area contributed by atoms with E-state index in [4.69, 9.17) is 4.74 Å². The van der Waals surface area contributed by atoms with Crippen molar-refractivity contribution in [1.29, 1.82) is 0 Å². The van der Waals surface area contributed by atoms with Crippen LogP contribution in [0.5, 0.6) is 0 Å². The van der Waals surface area contributed by atoms with Crippen molar-refractivity contribution in [3.63, 3.8) is 0 Å². The predicted octanol–water partition coefficient (Wildman–Crippen LogP) is 1.34. The number of ether oxygens (including phenoxy) is 1. The predicted molar refractivity (Wildman–Crippen MR) is 60.7 cm³/mol. The molecule has 1 aromatic rings. The maximum Gasteiger partial charge on any atom is 0.0940 e. The van der Waals surface area contributed by atoms with Crippen LogP contribution in [-0.2, 0) is 4.74 Å². The SMILES string of the molecule is COCCNC(C)C(O)c1ccccc1. The first kappa shape index (κ1) is 12.2. The fourth-order valence-electron chi connectivity index (χ4n) is 1.44. The van der Waals surface area contributed by atoms with E-state index in [0.29, 0.717) is 6.61 Å². The zero-order valence-electron chi connectivity index (χ0n) is 9.31. The first-order valence-electron chi connectivity index (χ1n) is 5.21. The molecule has 0 amide bonds. The number of rotatable bonds is 6.